The van der Waals surface area contributed by atoms with Crippen molar-refractivity contribution in [3.63, 3.8) is 0 Å². The molecule has 1 atom stereocenters. The van der Waals surface area contributed by atoms with Crippen LogP contribution in [0.5, 0.6) is 0 Å². The van der Waals surface area contributed by atoms with Crippen molar-refractivity contribution >= 4 is 75.4 Å². The van der Waals surface area contributed by atoms with Crippen molar-refractivity contribution in [2.75, 3.05) is 10.2 Å². The number of anilines is 3. The SMILES string of the molecule is CCCCCCCCCCCCCCC=CCCC1CC(=O)N(c2ccc(Cl)c(Nc3cc(=O)n(-c4c(Cl)cc(Cl)cc4Cl)[nH]3)c2)C1=O. The molecule has 0 bridgehead atoms. The number of carbonyl (C=O) groups is 2. The average molecular weight is 737 g/mol. The molecule has 260 valence electrons. The fourth-order valence-electron chi connectivity index (χ4n) is 6.10. The van der Waals surface area contributed by atoms with E-state index in [-0.39, 0.29) is 39.9 Å². The smallest absolute Gasteiger partial charge is 0.273 e. The van der Waals surface area contributed by atoms with E-state index < -0.39 is 5.56 Å². The van der Waals surface area contributed by atoms with Gasteiger partial charge in [0, 0.05) is 23.4 Å². The molecule has 48 heavy (non-hydrogen) atoms. The van der Waals surface area contributed by atoms with E-state index in [2.05, 4.69) is 29.5 Å². The zero-order valence-corrected chi connectivity index (χ0v) is 30.7. The first-order chi connectivity index (χ1) is 23.2. The van der Waals surface area contributed by atoms with Gasteiger partial charge < -0.3 is 5.32 Å². The first-order valence-corrected chi connectivity index (χ1v) is 18.8. The summed E-state index contributed by atoms with van der Waals surface area (Å²) in [5.41, 5.74) is 0.638. The maximum atomic E-state index is 13.3. The highest BCUT2D eigenvalue weighted by Crippen LogP contribution is 2.35. The van der Waals surface area contributed by atoms with Gasteiger partial charge in [0.15, 0.2) is 0 Å². The van der Waals surface area contributed by atoms with Gasteiger partial charge in [-0.15, -0.1) is 0 Å². The molecular formula is C37H46Cl4N4O3. The van der Waals surface area contributed by atoms with E-state index in [1.807, 2.05) is 0 Å². The number of hydrogen-bond donors (Lipinski definition) is 2. The number of benzene rings is 2. The van der Waals surface area contributed by atoms with E-state index in [1.54, 1.807) is 18.2 Å². The van der Waals surface area contributed by atoms with Crippen molar-refractivity contribution in [3.05, 3.63) is 79.0 Å². The molecule has 0 radical (unpaired) electrons. The molecule has 1 aliphatic heterocycles. The quantitative estimate of drug-likeness (QED) is 0.0687. The van der Waals surface area contributed by atoms with Crippen LogP contribution in [0.15, 0.2) is 53.3 Å². The molecule has 0 aliphatic carbocycles. The highest BCUT2D eigenvalue weighted by molar-refractivity contribution is 6.40. The van der Waals surface area contributed by atoms with Crippen LogP contribution in [0.4, 0.5) is 17.2 Å². The summed E-state index contributed by atoms with van der Waals surface area (Å²) >= 11 is 25.1. The van der Waals surface area contributed by atoms with E-state index >= 15 is 0 Å². The Labute approximate surface area is 303 Å². The average Bonchev–Trinajstić information content (AvgIpc) is 3.54. The predicted molar refractivity (Wildman–Crippen MR) is 201 cm³/mol. The predicted octanol–water partition coefficient (Wildman–Crippen LogP) is 11.8. The van der Waals surface area contributed by atoms with Gasteiger partial charge >= 0.3 is 0 Å². The molecule has 4 rings (SSSR count). The molecule has 3 aromatic rings. The van der Waals surface area contributed by atoms with Gasteiger partial charge in [-0.3, -0.25) is 24.4 Å². The van der Waals surface area contributed by atoms with Crippen LogP contribution in [0, 0.1) is 5.92 Å². The van der Waals surface area contributed by atoms with Gasteiger partial charge in [0.05, 0.1) is 26.4 Å². The van der Waals surface area contributed by atoms with E-state index in [0.717, 1.165) is 12.8 Å². The lowest BCUT2D eigenvalue weighted by atomic mass is 10.0. The summed E-state index contributed by atoms with van der Waals surface area (Å²) in [4.78, 5) is 40.3. The van der Waals surface area contributed by atoms with Crippen LogP contribution in [0.25, 0.3) is 5.69 Å². The van der Waals surface area contributed by atoms with Crippen molar-refractivity contribution in [1.82, 2.24) is 9.78 Å². The molecule has 11 heteroatoms. The summed E-state index contributed by atoms with van der Waals surface area (Å²) < 4.78 is 1.19. The Balaban J connectivity index is 1.22. The molecule has 1 saturated heterocycles. The van der Waals surface area contributed by atoms with Gasteiger partial charge in [-0.1, -0.05) is 136 Å². The number of amides is 2. The number of aromatic amines is 1. The lowest BCUT2D eigenvalue weighted by molar-refractivity contribution is -0.122. The number of nitrogens with zero attached hydrogens (tertiary/aromatic N) is 2. The van der Waals surface area contributed by atoms with Gasteiger partial charge in [0.25, 0.3) is 5.56 Å². The number of H-pyrrole nitrogens is 1. The highest BCUT2D eigenvalue weighted by Gasteiger charge is 2.39. The third-order valence-corrected chi connectivity index (χ3v) is 9.84. The molecule has 2 heterocycles. The zero-order valence-electron chi connectivity index (χ0n) is 27.6. The van der Waals surface area contributed by atoms with Crippen LogP contribution in [0.1, 0.15) is 110 Å². The Morgan fingerprint density at radius 3 is 2.02 bits per heavy atom. The van der Waals surface area contributed by atoms with E-state index in [4.69, 9.17) is 46.4 Å². The molecule has 0 saturated carbocycles. The molecule has 1 fully saturated rings. The van der Waals surface area contributed by atoms with Gasteiger partial charge in [0.2, 0.25) is 11.8 Å². The summed E-state index contributed by atoms with van der Waals surface area (Å²) in [6.45, 7) is 2.26. The van der Waals surface area contributed by atoms with E-state index in [0.29, 0.717) is 33.7 Å². The molecule has 7 nitrogen and oxygen atoms in total. The summed E-state index contributed by atoms with van der Waals surface area (Å²) in [6.07, 6.45) is 23.0. The minimum Gasteiger partial charge on any atom is -0.339 e. The van der Waals surface area contributed by atoms with Crippen LogP contribution in [-0.2, 0) is 9.59 Å². The van der Waals surface area contributed by atoms with Crippen molar-refractivity contribution in [3.8, 4) is 5.69 Å². The lowest BCUT2D eigenvalue weighted by Gasteiger charge is -2.17. The number of aromatic nitrogens is 2. The number of carbonyl (C=O) groups excluding carboxylic acids is 2. The first kappa shape index (κ1) is 38.1. The second kappa shape index (κ2) is 19.5. The third-order valence-electron chi connectivity index (χ3n) is 8.72. The fourth-order valence-corrected chi connectivity index (χ4v) is 7.25. The maximum absolute atomic E-state index is 13.3. The van der Waals surface area contributed by atoms with Crippen molar-refractivity contribution in [2.45, 2.75) is 110 Å². The van der Waals surface area contributed by atoms with Crippen molar-refractivity contribution < 1.29 is 9.59 Å². The minimum absolute atomic E-state index is 0.176. The van der Waals surface area contributed by atoms with E-state index in [1.165, 1.54) is 105 Å². The van der Waals surface area contributed by atoms with Crippen molar-refractivity contribution in [1.29, 1.82) is 0 Å². The second-order valence-electron chi connectivity index (χ2n) is 12.5. The number of nitrogens with one attached hydrogen (secondary N) is 2. The number of rotatable bonds is 20. The molecule has 0 spiro atoms. The Bertz CT molecular complexity index is 1590. The Morgan fingerprint density at radius 1 is 0.771 bits per heavy atom. The van der Waals surface area contributed by atoms with Crippen LogP contribution < -0.4 is 15.8 Å². The summed E-state index contributed by atoms with van der Waals surface area (Å²) in [5, 5.41) is 7.05. The number of halogens is 4. The van der Waals surface area contributed by atoms with Gasteiger partial charge in [-0.05, 0) is 56.0 Å². The van der Waals surface area contributed by atoms with E-state index in [9.17, 15) is 14.4 Å². The van der Waals surface area contributed by atoms with Crippen LogP contribution >= 0.6 is 46.4 Å². The van der Waals surface area contributed by atoms with Gasteiger partial charge in [-0.25, -0.2) is 4.68 Å². The number of imide groups is 1. The minimum atomic E-state index is -0.424. The molecule has 2 N–H and O–H groups in total. The van der Waals surface area contributed by atoms with Crippen molar-refractivity contribution in [2.24, 2.45) is 5.92 Å². The molecule has 2 amide bonds. The molecule has 1 aromatic heterocycles. The maximum Gasteiger partial charge on any atom is 0.273 e. The number of hydrogen-bond acceptors (Lipinski definition) is 4. The fraction of sp³-hybridized carbons (Fsp3) is 0.486. The van der Waals surface area contributed by atoms with Gasteiger partial charge in [0.1, 0.15) is 11.5 Å². The Kier molecular flexibility index (Phi) is 15.5. The van der Waals surface area contributed by atoms with Crippen LogP contribution in [0.3, 0.4) is 0 Å². The van der Waals surface area contributed by atoms with Crippen LogP contribution in [-0.4, -0.2) is 21.6 Å². The standard InChI is InChI=1S/C37H46Cl4N4O3/c1-2-3-4-5-6-7-8-9-10-11-12-13-14-15-16-17-18-26-21-34(46)44(37(26)48)28-19-20-29(39)32(24-28)42-33-25-35(47)45(43-33)36-30(40)22-27(38)23-31(36)41/h15-16,19-20,22-26,42-43H,2-14,17-18,21H2,1H3. The summed E-state index contributed by atoms with van der Waals surface area (Å²) in [7, 11) is 0. The molecule has 1 aliphatic rings. The third kappa shape index (κ3) is 10.9. The van der Waals surface area contributed by atoms with Crippen LogP contribution in [0.2, 0.25) is 20.1 Å². The number of unbranched alkanes of at least 4 members (excludes halogenated alkanes) is 12. The second-order valence-corrected chi connectivity index (χ2v) is 14.2. The molecular weight excluding hydrogens is 690 g/mol. The monoisotopic (exact) mass is 734 g/mol. The lowest BCUT2D eigenvalue weighted by Crippen LogP contribution is -2.30. The Hall–Kier alpha value is -2.71. The summed E-state index contributed by atoms with van der Waals surface area (Å²) in [6, 6.07) is 9.15. The first-order valence-electron chi connectivity index (χ1n) is 17.2. The normalized spacial score (nSPS) is 14.9. The summed E-state index contributed by atoms with van der Waals surface area (Å²) in [5.74, 6) is -0.520. The highest BCUT2D eigenvalue weighted by atomic mass is 35.5. The van der Waals surface area contributed by atoms with Gasteiger partial charge in [-0.2, -0.15) is 0 Å². The topological polar surface area (TPSA) is 87.2 Å². The molecule has 2 aromatic carbocycles. The molecule has 1 unspecified atom stereocenters. The Morgan fingerprint density at radius 2 is 1.38 bits per heavy atom. The number of allylic oxidation sites excluding steroid dienone is 2. The largest absolute Gasteiger partial charge is 0.339 e. The zero-order chi connectivity index (χ0) is 34.5.